The topological polar surface area (TPSA) is 41.6 Å². The molecule has 1 saturated heterocycles. The summed E-state index contributed by atoms with van der Waals surface area (Å²) >= 11 is 1.55. The van der Waals surface area contributed by atoms with Crippen LogP contribution in [-0.2, 0) is 16.8 Å². The summed E-state index contributed by atoms with van der Waals surface area (Å²) in [5.41, 5.74) is 4.39. The van der Waals surface area contributed by atoms with E-state index >= 15 is 0 Å². The number of piperidine rings is 1. The van der Waals surface area contributed by atoms with E-state index in [1.807, 2.05) is 16.8 Å². The number of allylic oxidation sites excluding steroid dienone is 1. The largest absolute Gasteiger partial charge is 0.573 e. The smallest absolute Gasteiger partial charge is 0.406 e. The molecule has 1 unspecified atom stereocenters. The van der Waals surface area contributed by atoms with Gasteiger partial charge in [0.1, 0.15) is 5.75 Å². The maximum absolute atomic E-state index is 13.2. The number of nitrogens with zero attached hydrogens (tertiary/aromatic N) is 1. The first kappa shape index (κ1) is 25.5. The maximum Gasteiger partial charge on any atom is 0.573 e. The number of hydrogen-bond donors (Lipinski definition) is 1. The molecule has 8 heteroatoms. The van der Waals surface area contributed by atoms with Crippen LogP contribution in [0.1, 0.15) is 47.4 Å². The molecule has 1 aromatic heterocycles. The van der Waals surface area contributed by atoms with Crippen LogP contribution in [0.2, 0.25) is 0 Å². The second kappa shape index (κ2) is 10.7. The number of halogens is 3. The highest BCUT2D eigenvalue weighted by Crippen LogP contribution is 2.43. The summed E-state index contributed by atoms with van der Waals surface area (Å²) in [6, 6.07) is 16.3. The number of likely N-dealkylation sites (tertiary alicyclic amines) is 1. The van der Waals surface area contributed by atoms with Crippen LogP contribution in [-0.4, -0.2) is 36.8 Å². The van der Waals surface area contributed by atoms with E-state index in [9.17, 15) is 18.0 Å². The molecule has 2 aliphatic rings. The first-order chi connectivity index (χ1) is 17.8. The number of amides is 1. The molecule has 2 heterocycles. The third-order valence-electron chi connectivity index (χ3n) is 7.42. The van der Waals surface area contributed by atoms with Crippen LogP contribution in [0.5, 0.6) is 5.75 Å². The van der Waals surface area contributed by atoms with Crippen molar-refractivity contribution in [2.45, 2.75) is 43.5 Å². The van der Waals surface area contributed by atoms with E-state index in [2.05, 4.69) is 51.4 Å². The van der Waals surface area contributed by atoms with Crippen molar-refractivity contribution in [3.8, 4) is 5.75 Å². The number of benzene rings is 2. The Kier molecular flexibility index (Phi) is 7.40. The van der Waals surface area contributed by atoms with Gasteiger partial charge in [-0.1, -0.05) is 48.6 Å². The van der Waals surface area contributed by atoms with Gasteiger partial charge < -0.3 is 15.0 Å². The average Bonchev–Trinajstić information content (AvgIpc) is 3.53. The molecular formula is C29H29F3N2O2S. The fraction of sp³-hybridized carbons (Fsp3) is 0.345. The predicted molar refractivity (Wildman–Crippen MR) is 139 cm³/mol. The number of alkyl halides is 3. The summed E-state index contributed by atoms with van der Waals surface area (Å²) in [5.74, 6) is -0.734. The second-order valence-corrected chi connectivity index (χ2v) is 10.5. The van der Waals surface area contributed by atoms with Gasteiger partial charge >= 0.3 is 6.36 Å². The summed E-state index contributed by atoms with van der Waals surface area (Å²) in [6.07, 6.45) is 2.66. The van der Waals surface area contributed by atoms with E-state index in [1.165, 1.54) is 29.3 Å². The van der Waals surface area contributed by atoms with Crippen LogP contribution in [0.4, 0.5) is 13.2 Å². The highest BCUT2D eigenvalue weighted by molar-refractivity contribution is 7.08. The summed E-state index contributed by atoms with van der Waals surface area (Å²) in [4.78, 5) is 15.6. The third kappa shape index (κ3) is 6.08. The number of carbonyl (C=O) groups excluding carboxylic acids is 1. The van der Waals surface area contributed by atoms with Crippen LogP contribution < -0.4 is 10.1 Å². The first-order valence-corrected chi connectivity index (χ1v) is 13.4. The highest BCUT2D eigenvalue weighted by Gasteiger charge is 2.38. The minimum Gasteiger partial charge on any atom is -0.406 e. The Morgan fingerprint density at radius 3 is 2.68 bits per heavy atom. The first-order valence-electron chi connectivity index (χ1n) is 12.5. The fourth-order valence-electron chi connectivity index (χ4n) is 5.45. The lowest BCUT2D eigenvalue weighted by Gasteiger charge is -2.39. The van der Waals surface area contributed by atoms with Gasteiger partial charge in [0.15, 0.2) is 0 Å². The lowest BCUT2D eigenvalue weighted by atomic mass is 9.74. The summed E-state index contributed by atoms with van der Waals surface area (Å²) in [6.45, 7) is 2.89. The van der Waals surface area contributed by atoms with Crippen molar-refractivity contribution in [3.63, 3.8) is 0 Å². The van der Waals surface area contributed by atoms with E-state index in [1.54, 1.807) is 17.4 Å². The molecular weight excluding hydrogens is 497 g/mol. The SMILES string of the molecule is O=C(NCc1cccc(OC(F)(F)F)c1)C(CCN1CCC2(C=Cc3ccccc32)CC1)c1ccsc1. The van der Waals surface area contributed by atoms with Crippen LogP contribution in [0.25, 0.3) is 6.08 Å². The number of thiophene rings is 1. The monoisotopic (exact) mass is 526 g/mol. The van der Waals surface area contributed by atoms with Crippen molar-refractivity contribution in [2.75, 3.05) is 19.6 Å². The predicted octanol–water partition coefficient (Wildman–Crippen LogP) is 6.50. The zero-order valence-electron chi connectivity index (χ0n) is 20.3. The number of carbonyl (C=O) groups is 1. The standard InChI is InChI=1S/C29H29F3N2O2S/c30-29(31,32)36-24-6-3-4-21(18-24)19-33-27(35)25(23-10-17-37-20-23)9-14-34-15-12-28(13-16-34)11-8-22-5-1-2-7-26(22)28/h1-8,10-11,17-18,20,25H,9,12-16,19H2,(H,33,35). The van der Waals surface area contributed by atoms with Crippen molar-refractivity contribution in [1.29, 1.82) is 0 Å². The fourth-order valence-corrected chi connectivity index (χ4v) is 6.16. The quantitative estimate of drug-likeness (QED) is 0.365. The molecule has 1 spiro atoms. The Hall–Kier alpha value is -3.10. The minimum absolute atomic E-state index is 0.123. The van der Waals surface area contributed by atoms with E-state index in [4.69, 9.17) is 0 Å². The van der Waals surface area contributed by atoms with Crippen LogP contribution in [0.15, 0.2) is 71.4 Å². The van der Waals surface area contributed by atoms with Crippen molar-refractivity contribution in [1.82, 2.24) is 10.2 Å². The molecule has 1 aliphatic carbocycles. The molecule has 5 rings (SSSR count). The second-order valence-electron chi connectivity index (χ2n) is 9.73. The van der Waals surface area contributed by atoms with Gasteiger partial charge in [0.25, 0.3) is 0 Å². The molecule has 1 amide bonds. The zero-order chi connectivity index (χ0) is 25.9. The molecule has 0 saturated carbocycles. The summed E-state index contributed by atoms with van der Waals surface area (Å²) in [7, 11) is 0. The average molecular weight is 527 g/mol. The molecule has 37 heavy (non-hydrogen) atoms. The van der Waals surface area contributed by atoms with Gasteiger partial charge in [-0.15, -0.1) is 13.2 Å². The van der Waals surface area contributed by atoms with Crippen molar-refractivity contribution < 1.29 is 22.7 Å². The molecule has 1 aliphatic heterocycles. The van der Waals surface area contributed by atoms with Gasteiger partial charge in [0.2, 0.25) is 5.91 Å². The van der Waals surface area contributed by atoms with Crippen LogP contribution in [0, 0.1) is 0 Å². The molecule has 0 bridgehead atoms. The molecule has 1 N–H and O–H groups in total. The number of ether oxygens (including phenoxy) is 1. The van der Waals surface area contributed by atoms with Crippen molar-refractivity contribution >= 4 is 23.3 Å². The number of fused-ring (bicyclic) bond motifs is 2. The molecule has 3 aromatic rings. The summed E-state index contributed by atoms with van der Waals surface area (Å²) in [5, 5.41) is 6.87. The lowest BCUT2D eigenvalue weighted by Crippen LogP contribution is -2.42. The Labute approximate surface area is 218 Å². The van der Waals surface area contributed by atoms with Crippen molar-refractivity contribution in [3.05, 3.63) is 93.7 Å². The highest BCUT2D eigenvalue weighted by atomic mass is 32.1. The van der Waals surface area contributed by atoms with E-state index in [-0.39, 0.29) is 29.5 Å². The summed E-state index contributed by atoms with van der Waals surface area (Å²) < 4.78 is 41.6. The Balaban J connectivity index is 1.17. The van der Waals surface area contributed by atoms with Gasteiger partial charge in [0.05, 0.1) is 5.92 Å². The lowest BCUT2D eigenvalue weighted by molar-refractivity contribution is -0.274. The third-order valence-corrected chi connectivity index (χ3v) is 8.12. The maximum atomic E-state index is 13.2. The zero-order valence-corrected chi connectivity index (χ0v) is 21.2. The molecule has 4 nitrogen and oxygen atoms in total. The van der Waals surface area contributed by atoms with E-state index < -0.39 is 6.36 Å². The number of nitrogens with one attached hydrogen (secondary N) is 1. The Morgan fingerprint density at radius 1 is 1.11 bits per heavy atom. The molecule has 194 valence electrons. The van der Waals surface area contributed by atoms with E-state index in [0.717, 1.165) is 38.0 Å². The molecule has 1 atom stereocenters. The van der Waals surface area contributed by atoms with Gasteiger partial charge in [-0.05, 0) is 90.1 Å². The van der Waals surface area contributed by atoms with Gasteiger partial charge in [0, 0.05) is 12.0 Å². The van der Waals surface area contributed by atoms with Gasteiger partial charge in [-0.3, -0.25) is 4.79 Å². The van der Waals surface area contributed by atoms with Gasteiger partial charge in [-0.2, -0.15) is 11.3 Å². The van der Waals surface area contributed by atoms with Crippen molar-refractivity contribution in [2.24, 2.45) is 0 Å². The number of hydrogen-bond acceptors (Lipinski definition) is 4. The van der Waals surface area contributed by atoms with Crippen LogP contribution in [0.3, 0.4) is 0 Å². The molecule has 0 radical (unpaired) electrons. The Bertz CT molecular complexity index is 1250. The van der Waals surface area contributed by atoms with Crippen LogP contribution >= 0.6 is 11.3 Å². The number of rotatable bonds is 8. The molecule has 1 fully saturated rings. The molecule has 2 aromatic carbocycles. The Morgan fingerprint density at radius 2 is 1.92 bits per heavy atom. The van der Waals surface area contributed by atoms with E-state index in [0.29, 0.717) is 12.0 Å². The minimum atomic E-state index is -4.75. The van der Waals surface area contributed by atoms with Gasteiger partial charge in [-0.25, -0.2) is 0 Å². The normalized spacial score (nSPS) is 17.5.